The van der Waals surface area contributed by atoms with Gasteiger partial charge in [0.1, 0.15) is 5.69 Å². The lowest BCUT2D eigenvalue weighted by Crippen LogP contribution is -2.12. The van der Waals surface area contributed by atoms with E-state index < -0.39 is 0 Å². The van der Waals surface area contributed by atoms with Crippen LogP contribution in [0.3, 0.4) is 0 Å². The Labute approximate surface area is 93.3 Å². The number of nitrogens with zero attached hydrogens (tertiary/aromatic N) is 3. The highest BCUT2D eigenvalue weighted by Crippen LogP contribution is 2.10. The van der Waals surface area contributed by atoms with Crippen molar-refractivity contribution in [1.82, 2.24) is 19.7 Å². The molecule has 0 saturated carbocycles. The lowest BCUT2D eigenvalue weighted by Gasteiger charge is -2.00. The van der Waals surface area contributed by atoms with Crippen LogP contribution in [-0.4, -0.2) is 19.7 Å². The molecule has 0 radical (unpaired) electrons. The van der Waals surface area contributed by atoms with Gasteiger partial charge in [-0.1, -0.05) is 0 Å². The van der Waals surface area contributed by atoms with Crippen LogP contribution in [0.25, 0.3) is 11.5 Å². The van der Waals surface area contributed by atoms with Crippen molar-refractivity contribution in [2.24, 2.45) is 7.05 Å². The average molecular weight is 302 g/mol. The van der Waals surface area contributed by atoms with Crippen molar-refractivity contribution in [3.63, 3.8) is 0 Å². The number of rotatable bonds is 1. The molecule has 2 rings (SSSR count). The van der Waals surface area contributed by atoms with Gasteiger partial charge in [-0.3, -0.25) is 9.48 Å². The summed E-state index contributed by atoms with van der Waals surface area (Å²) in [4.78, 5) is 18.1. The van der Waals surface area contributed by atoms with Gasteiger partial charge in [0, 0.05) is 19.4 Å². The Hall–Kier alpha value is -1.18. The fourth-order valence-electron chi connectivity index (χ4n) is 1.12. The lowest BCUT2D eigenvalue weighted by molar-refractivity contribution is 0.769. The Balaban J connectivity index is 2.59. The Morgan fingerprint density at radius 3 is 2.93 bits per heavy atom. The molecule has 0 atom stereocenters. The monoisotopic (exact) mass is 302 g/mol. The molecule has 0 fully saturated rings. The maximum Gasteiger partial charge on any atom is 0.264 e. The summed E-state index contributed by atoms with van der Waals surface area (Å²) >= 11 is 1.94. The van der Waals surface area contributed by atoms with Gasteiger partial charge in [0.05, 0.1) is 3.57 Å². The normalized spacial score (nSPS) is 10.4. The van der Waals surface area contributed by atoms with Crippen LogP contribution in [0.4, 0.5) is 0 Å². The number of aromatic nitrogens is 4. The van der Waals surface area contributed by atoms with Gasteiger partial charge < -0.3 is 4.98 Å². The van der Waals surface area contributed by atoms with E-state index in [4.69, 9.17) is 0 Å². The van der Waals surface area contributed by atoms with Gasteiger partial charge in [0.2, 0.25) is 0 Å². The van der Waals surface area contributed by atoms with Gasteiger partial charge in [0.15, 0.2) is 5.82 Å². The van der Waals surface area contributed by atoms with Crippen LogP contribution in [-0.2, 0) is 7.05 Å². The minimum Gasteiger partial charge on any atom is -0.304 e. The van der Waals surface area contributed by atoms with E-state index in [9.17, 15) is 4.79 Å². The summed E-state index contributed by atoms with van der Waals surface area (Å²) in [6.45, 7) is 0. The molecule has 0 bridgehead atoms. The minimum absolute atomic E-state index is 0.128. The van der Waals surface area contributed by atoms with E-state index in [1.807, 2.05) is 22.6 Å². The number of hydrogen-bond donors (Lipinski definition) is 1. The summed E-state index contributed by atoms with van der Waals surface area (Å²) in [5.41, 5.74) is 0.662. The summed E-state index contributed by atoms with van der Waals surface area (Å²) < 4.78 is 2.24. The van der Waals surface area contributed by atoms with E-state index in [0.29, 0.717) is 9.39 Å². The van der Waals surface area contributed by atoms with Crippen LogP contribution in [0, 0.1) is 3.57 Å². The number of nitrogens with one attached hydrogen (secondary N) is 1. The summed E-state index contributed by atoms with van der Waals surface area (Å²) in [6.07, 6.45) is 3.20. The molecule has 2 heterocycles. The first-order valence-corrected chi connectivity index (χ1v) is 4.99. The first-order valence-electron chi connectivity index (χ1n) is 3.91. The lowest BCUT2D eigenvalue weighted by atomic mass is 10.4. The van der Waals surface area contributed by atoms with E-state index in [1.165, 1.54) is 0 Å². The van der Waals surface area contributed by atoms with Crippen molar-refractivity contribution < 1.29 is 0 Å². The third-order valence-corrected chi connectivity index (χ3v) is 2.59. The van der Waals surface area contributed by atoms with Crippen LogP contribution < -0.4 is 5.56 Å². The number of aromatic amines is 1. The van der Waals surface area contributed by atoms with Gasteiger partial charge in [-0.25, -0.2) is 4.98 Å². The molecule has 0 aromatic carbocycles. The summed E-state index contributed by atoms with van der Waals surface area (Å²) in [6, 6.07) is 1.80. The first kappa shape index (κ1) is 9.38. The predicted octanol–water partition coefficient (Wildman–Crippen LogP) is 0.775. The first-order chi connectivity index (χ1) is 6.68. The second kappa shape index (κ2) is 3.52. The van der Waals surface area contributed by atoms with Gasteiger partial charge in [-0.15, -0.1) is 0 Å². The average Bonchev–Trinajstić information content (AvgIpc) is 2.57. The van der Waals surface area contributed by atoms with Gasteiger partial charge >= 0.3 is 0 Å². The minimum atomic E-state index is -0.128. The second-order valence-electron chi connectivity index (χ2n) is 2.75. The third-order valence-electron chi connectivity index (χ3n) is 1.82. The molecular formula is C8H7IN4O. The highest BCUT2D eigenvalue weighted by Gasteiger charge is 2.05. The summed E-state index contributed by atoms with van der Waals surface area (Å²) in [7, 11) is 1.80. The zero-order chi connectivity index (χ0) is 10.1. The van der Waals surface area contributed by atoms with Crippen LogP contribution in [0.5, 0.6) is 0 Å². The van der Waals surface area contributed by atoms with Crippen molar-refractivity contribution in [2.75, 3.05) is 0 Å². The number of H-pyrrole nitrogens is 1. The van der Waals surface area contributed by atoms with Gasteiger partial charge in [-0.2, -0.15) is 5.10 Å². The van der Waals surface area contributed by atoms with Crippen LogP contribution in [0.15, 0.2) is 23.3 Å². The van der Waals surface area contributed by atoms with Crippen molar-refractivity contribution in [2.45, 2.75) is 0 Å². The van der Waals surface area contributed by atoms with Crippen molar-refractivity contribution in [3.8, 4) is 11.5 Å². The Morgan fingerprint density at radius 2 is 2.36 bits per heavy atom. The number of aryl methyl sites for hydroxylation is 1. The Kier molecular flexibility index (Phi) is 2.36. The molecule has 72 valence electrons. The second-order valence-corrected chi connectivity index (χ2v) is 3.91. The molecule has 2 aromatic heterocycles. The van der Waals surface area contributed by atoms with Crippen LogP contribution in [0.2, 0.25) is 0 Å². The molecule has 0 unspecified atom stereocenters. The maximum atomic E-state index is 11.3. The topological polar surface area (TPSA) is 63.6 Å². The molecule has 1 N–H and O–H groups in total. The molecule has 5 nitrogen and oxygen atoms in total. The van der Waals surface area contributed by atoms with Crippen LogP contribution in [0.1, 0.15) is 0 Å². The van der Waals surface area contributed by atoms with E-state index in [2.05, 4.69) is 15.1 Å². The van der Waals surface area contributed by atoms with Crippen molar-refractivity contribution in [3.05, 3.63) is 32.4 Å². The SMILES string of the molecule is Cn1nccc1-c1ncc(I)c(=O)[nH]1. The molecule has 14 heavy (non-hydrogen) atoms. The quantitative estimate of drug-likeness (QED) is 0.792. The molecule has 0 spiro atoms. The molecule has 0 aliphatic heterocycles. The third kappa shape index (κ3) is 1.57. The fourth-order valence-corrected chi connectivity index (χ4v) is 1.39. The largest absolute Gasteiger partial charge is 0.304 e. The van der Waals surface area contributed by atoms with E-state index >= 15 is 0 Å². The smallest absolute Gasteiger partial charge is 0.264 e. The van der Waals surface area contributed by atoms with Gasteiger partial charge in [-0.05, 0) is 28.7 Å². The maximum absolute atomic E-state index is 11.3. The molecule has 0 amide bonds. The summed E-state index contributed by atoms with van der Waals surface area (Å²) in [5, 5.41) is 4.00. The Bertz CT molecular complexity index is 516. The van der Waals surface area contributed by atoms with Gasteiger partial charge in [0.25, 0.3) is 5.56 Å². The molecule has 0 aliphatic rings. The van der Waals surface area contributed by atoms with E-state index in [-0.39, 0.29) is 5.56 Å². The molecule has 0 aliphatic carbocycles. The highest BCUT2D eigenvalue weighted by molar-refractivity contribution is 14.1. The zero-order valence-electron chi connectivity index (χ0n) is 7.36. The molecular weight excluding hydrogens is 295 g/mol. The summed E-state index contributed by atoms with van der Waals surface area (Å²) in [5.74, 6) is 0.537. The molecule has 0 saturated heterocycles. The van der Waals surface area contributed by atoms with Crippen LogP contribution >= 0.6 is 22.6 Å². The van der Waals surface area contributed by atoms with E-state index in [0.717, 1.165) is 5.69 Å². The molecule has 6 heteroatoms. The standard InChI is InChI=1S/C8H7IN4O/c1-13-6(2-3-11-13)7-10-4-5(9)8(14)12-7/h2-4H,1H3,(H,10,12,14). The number of halogens is 1. The van der Waals surface area contributed by atoms with Crippen molar-refractivity contribution >= 4 is 22.6 Å². The number of hydrogen-bond acceptors (Lipinski definition) is 3. The highest BCUT2D eigenvalue weighted by atomic mass is 127. The predicted molar refractivity (Wildman–Crippen MR) is 59.8 cm³/mol. The fraction of sp³-hybridized carbons (Fsp3) is 0.125. The van der Waals surface area contributed by atoms with E-state index in [1.54, 1.807) is 30.2 Å². The Morgan fingerprint density at radius 1 is 1.57 bits per heavy atom. The van der Waals surface area contributed by atoms with Crippen molar-refractivity contribution in [1.29, 1.82) is 0 Å². The zero-order valence-corrected chi connectivity index (χ0v) is 9.52. The molecule has 2 aromatic rings.